The normalized spacial score (nSPS) is 19.9. The lowest BCUT2D eigenvalue weighted by Crippen LogP contribution is -2.43. The Morgan fingerprint density at radius 3 is 2.75 bits per heavy atom. The Morgan fingerprint density at radius 1 is 1.18 bits per heavy atom. The van der Waals surface area contributed by atoms with E-state index in [0.717, 1.165) is 37.6 Å². The number of carboxylic acid groups (broad SMARTS) is 1. The molecule has 2 fully saturated rings. The summed E-state index contributed by atoms with van der Waals surface area (Å²) in [4.78, 5) is 39.2. The van der Waals surface area contributed by atoms with E-state index in [9.17, 15) is 24.3 Å². The molecule has 3 aliphatic heterocycles. The van der Waals surface area contributed by atoms with Crippen molar-refractivity contribution in [2.75, 3.05) is 50.6 Å². The zero-order valence-corrected chi connectivity index (χ0v) is 31.4. The monoisotopic (exact) mass is 793 g/mol. The second-order valence-electron chi connectivity index (χ2n) is 14.4. The van der Waals surface area contributed by atoms with E-state index in [4.69, 9.17) is 21.3 Å². The van der Waals surface area contributed by atoms with Gasteiger partial charge in [0.25, 0.3) is 5.91 Å². The molecule has 18 heteroatoms. The number of nitriles is 1. The lowest BCUT2D eigenvalue weighted by atomic mass is 9.95. The highest BCUT2D eigenvalue weighted by atomic mass is 35.5. The maximum absolute atomic E-state index is 17.3. The van der Waals surface area contributed by atoms with Gasteiger partial charge in [-0.2, -0.15) is 20.3 Å². The lowest BCUT2D eigenvalue weighted by Gasteiger charge is -2.31. The fraction of sp³-hybridized carbons (Fsp3) is 0.405. The summed E-state index contributed by atoms with van der Waals surface area (Å²) >= 11 is 7.63. The van der Waals surface area contributed by atoms with Crippen LogP contribution in [0.1, 0.15) is 53.8 Å². The molecule has 13 nitrogen and oxygen atoms in total. The van der Waals surface area contributed by atoms with Crippen molar-refractivity contribution in [3.8, 4) is 23.2 Å². The summed E-state index contributed by atoms with van der Waals surface area (Å²) in [5, 5.41) is 26.2. The number of halogens is 4. The lowest BCUT2D eigenvalue weighted by molar-refractivity contribution is 0.0821. The number of carbonyl (C=O) groups is 2. The van der Waals surface area contributed by atoms with E-state index in [-0.39, 0.29) is 78.5 Å². The number of benzene rings is 2. The van der Waals surface area contributed by atoms with Crippen LogP contribution in [-0.4, -0.2) is 98.7 Å². The summed E-state index contributed by atoms with van der Waals surface area (Å²) in [7, 11) is 3.30. The molecule has 8 rings (SSSR count). The molecule has 2 aromatic carbocycles. The van der Waals surface area contributed by atoms with Gasteiger partial charge in [0.05, 0.1) is 33.1 Å². The van der Waals surface area contributed by atoms with Crippen LogP contribution in [0.3, 0.4) is 0 Å². The summed E-state index contributed by atoms with van der Waals surface area (Å²) in [6, 6.07) is 7.43. The molecule has 6 heterocycles. The second kappa shape index (κ2) is 14.2. The minimum atomic E-state index is -1.45. The van der Waals surface area contributed by atoms with Gasteiger partial charge in [0.2, 0.25) is 0 Å². The first-order chi connectivity index (χ1) is 26.4. The van der Waals surface area contributed by atoms with Gasteiger partial charge >= 0.3 is 12.1 Å². The molecule has 2 N–H and O–H groups in total. The highest BCUT2D eigenvalue weighted by molar-refractivity contribution is 7.23. The Hall–Kier alpha value is -5.18. The molecule has 3 aromatic heterocycles. The van der Waals surface area contributed by atoms with Crippen molar-refractivity contribution in [1.29, 1.82) is 5.26 Å². The van der Waals surface area contributed by atoms with Gasteiger partial charge in [0.15, 0.2) is 11.5 Å². The van der Waals surface area contributed by atoms with E-state index >= 15 is 8.78 Å². The molecule has 0 spiro atoms. The number of aromatic nitrogens is 4. The van der Waals surface area contributed by atoms with Crippen molar-refractivity contribution >= 4 is 66.7 Å². The quantitative estimate of drug-likeness (QED) is 0.175. The molecule has 2 saturated heterocycles. The first-order valence-corrected chi connectivity index (χ1v) is 19.0. The number of hydrogen-bond acceptors (Lipinski definition) is 10. The predicted molar refractivity (Wildman–Crippen MR) is 201 cm³/mol. The fourth-order valence-corrected chi connectivity index (χ4v) is 9.53. The van der Waals surface area contributed by atoms with Crippen molar-refractivity contribution < 1.29 is 32.6 Å². The predicted octanol–water partition coefficient (Wildman–Crippen LogP) is 7.06. The summed E-state index contributed by atoms with van der Waals surface area (Å²) in [5.74, 6) is -1.56. The average molecular weight is 794 g/mol. The van der Waals surface area contributed by atoms with E-state index in [1.165, 1.54) is 17.0 Å². The number of carbonyl (C=O) groups excluding carboxylic acids is 1. The van der Waals surface area contributed by atoms with Crippen LogP contribution in [0.25, 0.3) is 32.1 Å². The minimum absolute atomic E-state index is 0.00954. The van der Waals surface area contributed by atoms with Crippen molar-refractivity contribution in [3.05, 3.63) is 57.9 Å². The van der Waals surface area contributed by atoms with Crippen LogP contribution in [0.15, 0.2) is 24.3 Å². The summed E-state index contributed by atoms with van der Waals surface area (Å²) in [6.07, 6.45) is 0.903. The van der Waals surface area contributed by atoms with Gasteiger partial charge < -0.3 is 19.6 Å². The molecule has 5 aromatic rings. The number of amides is 2. The molecular formula is C37H35ClF3N9O4S. The molecule has 55 heavy (non-hydrogen) atoms. The number of aryl methyl sites for hydroxylation is 1. The van der Waals surface area contributed by atoms with Gasteiger partial charge in [-0.3, -0.25) is 19.7 Å². The van der Waals surface area contributed by atoms with Crippen LogP contribution in [0.5, 0.6) is 6.01 Å². The standard InChI is InChI=1S/C37H35ClF3N9O4S/c1-47(2)34(51)26-12-20-17-48(9-3-4-11-50(20)46-26)32-22-13-24(38)28(21-6-7-25(40)31-27(21)23(15-42)33(55-31)45-36(52)53)29(41)30(22)43-35(44-32)54-18-37-8-5-10-49(37)16-19(39)14-37/h6-7,12-13,19,45H,3-5,8-11,14,16-18H2,1-2H3,(H,52,53)/t19-,37+/m1/s1. The summed E-state index contributed by atoms with van der Waals surface area (Å²) < 4.78 is 55.2. The molecule has 3 aliphatic rings. The number of anilines is 2. The number of nitrogens with one attached hydrogen (secondary N) is 1. The van der Waals surface area contributed by atoms with E-state index in [2.05, 4.69) is 20.3 Å². The van der Waals surface area contributed by atoms with Crippen molar-refractivity contribution in [2.45, 2.75) is 56.9 Å². The van der Waals surface area contributed by atoms with Crippen LogP contribution < -0.4 is 15.0 Å². The number of ether oxygens (including phenoxy) is 1. The second-order valence-corrected chi connectivity index (χ2v) is 15.8. The topological polar surface area (TPSA) is 153 Å². The van der Waals surface area contributed by atoms with Gasteiger partial charge in [0.1, 0.15) is 41.0 Å². The zero-order chi connectivity index (χ0) is 38.8. The number of nitrogens with zero attached hydrogens (tertiary/aromatic N) is 8. The Labute approximate surface area is 321 Å². The van der Waals surface area contributed by atoms with Crippen LogP contribution in [0.2, 0.25) is 5.02 Å². The van der Waals surface area contributed by atoms with Gasteiger partial charge in [0, 0.05) is 56.5 Å². The van der Waals surface area contributed by atoms with E-state index < -0.39 is 29.4 Å². The number of hydrogen-bond donors (Lipinski definition) is 2. The highest BCUT2D eigenvalue weighted by Gasteiger charge is 2.49. The Kier molecular flexibility index (Phi) is 9.46. The Bertz CT molecular complexity index is 2430. The van der Waals surface area contributed by atoms with Crippen molar-refractivity contribution in [1.82, 2.24) is 29.5 Å². The number of rotatable bonds is 7. The molecule has 2 atom stereocenters. The minimum Gasteiger partial charge on any atom is -0.465 e. The van der Waals surface area contributed by atoms with Gasteiger partial charge in [-0.05, 0) is 56.0 Å². The number of alkyl halides is 1. The van der Waals surface area contributed by atoms with Crippen LogP contribution in [-0.2, 0) is 13.1 Å². The molecule has 0 radical (unpaired) electrons. The summed E-state index contributed by atoms with van der Waals surface area (Å²) in [6.45, 7) is 2.49. The molecular weight excluding hydrogens is 759 g/mol. The third-order valence-electron chi connectivity index (χ3n) is 10.7. The molecule has 286 valence electrons. The molecule has 0 unspecified atom stereocenters. The third kappa shape index (κ3) is 6.45. The largest absolute Gasteiger partial charge is 0.465 e. The molecule has 0 saturated carbocycles. The number of thiophene rings is 1. The van der Waals surface area contributed by atoms with Crippen LogP contribution in [0.4, 0.5) is 28.8 Å². The van der Waals surface area contributed by atoms with Gasteiger partial charge in [-0.25, -0.2) is 18.0 Å². The smallest absolute Gasteiger partial charge is 0.409 e. The van der Waals surface area contributed by atoms with Crippen LogP contribution in [0, 0.1) is 23.0 Å². The zero-order valence-electron chi connectivity index (χ0n) is 29.8. The van der Waals surface area contributed by atoms with Crippen molar-refractivity contribution in [3.63, 3.8) is 0 Å². The maximum atomic E-state index is 17.3. The van der Waals surface area contributed by atoms with E-state index in [0.29, 0.717) is 49.6 Å². The highest BCUT2D eigenvalue weighted by Crippen LogP contribution is 2.47. The maximum Gasteiger partial charge on any atom is 0.409 e. The molecule has 2 amide bonds. The van der Waals surface area contributed by atoms with E-state index in [1.54, 1.807) is 24.8 Å². The van der Waals surface area contributed by atoms with Gasteiger partial charge in [-0.1, -0.05) is 17.7 Å². The Balaban J connectivity index is 1.29. The van der Waals surface area contributed by atoms with Crippen LogP contribution >= 0.6 is 22.9 Å². The Morgan fingerprint density at radius 2 is 1.98 bits per heavy atom. The first kappa shape index (κ1) is 36.8. The number of fused-ring (bicyclic) bond motifs is 4. The van der Waals surface area contributed by atoms with Crippen molar-refractivity contribution in [2.24, 2.45) is 0 Å². The van der Waals surface area contributed by atoms with Gasteiger partial charge in [-0.15, -0.1) is 11.3 Å². The average Bonchev–Trinajstić information content (AvgIpc) is 3.88. The SMILES string of the molecule is CN(C)C(=O)c1cc2n(n1)CCCCN(c1nc(OC[C@@]34CCCN3C[C@H](F)C4)nc3c(F)c(-c4ccc(F)c5sc(NC(=O)O)c(C#N)c45)c(Cl)cc13)C2. The van der Waals surface area contributed by atoms with E-state index in [1.807, 2.05) is 11.0 Å². The third-order valence-corrected chi connectivity index (χ3v) is 12.1. The first-order valence-electron chi connectivity index (χ1n) is 17.8. The fourth-order valence-electron chi connectivity index (χ4n) is 8.16. The summed E-state index contributed by atoms with van der Waals surface area (Å²) in [5.41, 5.74) is 0.0133. The molecule has 0 bridgehead atoms. The molecule has 0 aliphatic carbocycles.